The maximum absolute atomic E-state index is 11.9. The fourth-order valence-electron chi connectivity index (χ4n) is 3.85. The molecule has 0 radical (unpaired) electrons. The second-order valence-electron chi connectivity index (χ2n) is 6.48. The zero-order valence-corrected chi connectivity index (χ0v) is 15.4. The van der Waals surface area contributed by atoms with E-state index in [9.17, 15) is 10.0 Å². The first-order chi connectivity index (χ1) is 11.1. The highest BCUT2D eigenvalue weighted by Gasteiger charge is 2.29. The lowest BCUT2D eigenvalue weighted by Gasteiger charge is -2.35. The van der Waals surface area contributed by atoms with Gasteiger partial charge in [0.15, 0.2) is 0 Å². The number of hydrogen-bond acceptors (Lipinski definition) is 3. The Hall–Kier alpha value is -1.20. The minimum Gasteiger partial charge on any atom is -0.615 e. The van der Waals surface area contributed by atoms with Gasteiger partial charge in [-0.15, -0.1) is 4.74 Å². The average molecular weight is 379 g/mol. The van der Waals surface area contributed by atoms with Gasteiger partial charge >= 0.3 is 5.91 Å². The molecule has 0 saturated carbocycles. The van der Waals surface area contributed by atoms with E-state index in [0.29, 0.717) is 16.1 Å². The van der Waals surface area contributed by atoms with Gasteiger partial charge in [0, 0.05) is 6.04 Å². The lowest BCUT2D eigenvalue weighted by atomic mass is 9.86. The van der Waals surface area contributed by atoms with Gasteiger partial charge in [-0.05, 0) is 78.3 Å². The highest BCUT2D eigenvalue weighted by atomic mass is 79.9. The van der Waals surface area contributed by atoms with Gasteiger partial charge in [0.2, 0.25) is 5.36 Å². The predicted molar refractivity (Wildman–Crippen MR) is 95.4 cm³/mol. The Bertz CT molecular complexity index is 751. The molecule has 0 N–H and O–H groups in total. The van der Waals surface area contributed by atoms with Crippen molar-refractivity contribution in [3.8, 4) is 0 Å². The molecule has 5 heteroatoms. The van der Waals surface area contributed by atoms with Crippen LogP contribution in [0.15, 0.2) is 10.5 Å². The van der Waals surface area contributed by atoms with Crippen LogP contribution < -0.4 is 15.3 Å². The van der Waals surface area contributed by atoms with Gasteiger partial charge < -0.3 is 10.1 Å². The minimum absolute atomic E-state index is 0.474. The number of rotatable bonds is 5. The number of nitrogens with zero attached hydrogens (tertiary/aromatic N) is 2. The van der Waals surface area contributed by atoms with E-state index in [-0.39, 0.29) is 0 Å². The molecule has 1 aliphatic heterocycles. The molecular formula is C18H23BrN2O2. The van der Waals surface area contributed by atoms with E-state index in [2.05, 4.69) is 34.7 Å². The van der Waals surface area contributed by atoms with Crippen LogP contribution in [0.1, 0.15) is 44.2 Å². The predicted octanol–water partition coefficient (Wildman–Crippen LogP) is 1.74. The summed E-state index contributed by atoms with van der Waals surface area (Å²) >= 11 is 3.58. The molecule has 1 amide bonds. The van der Waals surface area contributed by atoms with Gasteiger partial charge in [0.1, 0.15) is 0 Å². The van der Waals surface area contributed by atoms with Crippen molar-refractivity contribution in [1.29, 1.82) is 0 Å². The van der Waals surface area contributed by atoms with E-state index in [1.807, 2.05) is 6.07 Å². The normalized spacial score (nSPS) is 19.7. The molecule has 3 rings (SSSR count). The Kier molecular flexibility index (Phi) is 4.87. The van der Waals surface area contributed by atoms with Crippen LogP contribution in [0.3, 0.4) is 0 Å². The summed E-state index contributed by atoms with van der Waals surface area (Å²) in [6.07, 6.45) is 6.87. The van der Waals surface area contributed by atoms with Gasteiger partial charge in [0.25, 0.3) is 0 Å². The second-order valence-corrected chi connectivity index (χ2v) is 7.27. The van der Waals surface area contributed by atoms with Crippen molar-refractivity contribution < 1.29 is 4.79 Å². The maximum atomic E-state index is 11.9. The molecule has 4 nitrogen and oxygen atoms in total. The van der Waals surface area contributed by atoms with Crippen molar-refractivity contribution >= 4 is 27.9 Å². The topological polar surface area (TPSA) is 46.4 Å². The lowest BCUT2D eigenvalue weighted by molar-refractivity contribution is -0.115. The SMILES string of the molecule is CCCN(CCC)C1CCc2c(cc3c(c2Br)=[N+]([O-])C(=O)C=3)C1. The zero-order chi connectivity index (χ0) is 16.6. The summed E-state index contributed by atoms with van der Waals surface area (Å²) in [5.74, 6) is -0.474. The summed E-state index contributed by atoms with van der Waals surface area (Å²) < 4.78 is 1.32. The van der Waals surface area contributed by atoms with Gasteiger partial charge in [-0.25, -0.2) is 4.79 Å². The highest BCUT2D eigenvalue weighted by molar-refractivity contribution is 9.10. The average Bonchev–Trinajstić information content (AvgIpc) is 2.81. The van der Waals surface area contributed by atoms with Crippen molar-refractivity contribution in [2.75, 3.05) is 13.1 Å². The molecule has 1 aromatic rings. The Morgan fingerprint density at radius 2 is 2.04 bits per heavy atom. The standard InChI is InChI=1S/C18H23BrN2O2/c1-3-7-20(8-4-2)14-5-6-15-12(10-14)9-13-11-16(22)21(23)18(13)17(15)19/h9,11,14H,3-8,10H2,1-2H3. The molecule has 23 heavy (non-hydrogen) atoms. The third-order valence-electron chi connectivity index (χ3n) is 4.87. The van der Waals surface area contributed by atoms with Gasteiger partial charge in [-0.1, -0.05) is 13.8 Å². The summed E-state index contributed by atoms with van der Waals surface area (Å²) in [7, 11) is 0. The Morgan fingerprint density at radius 3 is 2.70 bits per heavy atom. The molecule has 0 saturated heterocycles. The Morgan fingerprint density at radius 1 is 1.35 bits per heavy atom. The van der Waals surface area contributed by atoms with Crippen LogP contribution in [0.4, 0.5) is 0 Å². The molecular weight excluding hydrogens is 356 g/mol. The van der Waals surface area contributed by atoms with E-state index in [1.54, 1.807) is 0 Å². The molecule has 1 atom stereocenters. The van der Waals surface area contributed by atoms with Crippen molar-refractivity contribution in [2.45, 2.75) is 52.0 Å². The van der Waals surface area contributed by atoms with Gasteiger partial charge in [-0.2, -0.15) is 0 Å². The smallest absolute Gasteiger partial charge is 0.424 e. The van der Waals surface area contributed by atoms with Crippen LogP contribution in [-0.2, 0) is 17.6 Å². The fourth-order valence-corrected chi connectivity index (χ4v) is 4.70. The number of benzene rings is 1. The van der Waals surface area contributed by atoms with Crippen LogP contribution in [-0.4, -0.2) is 29.9 Å². The van der Waals surface area contributed by atoms with Crippen molar-refractivity contribution in [3.05, 3.63) is 37.4 Å². The monoisotopic (exact) mass is 378 g/mol. The fraction of sp³-hybridized carbons (Fsp3) is 0.556. The number of carbonyl (C=O) groups is 1. The van der Waals surface area contributed by atoms with E-state index >= 15 is 0 Å². The molecule has 0 fully saturated rings. The molecule has 0 bridgehead atoms. The summed E-state index contributed by atoms with van der Waals surface area (Å²) in [5.41, 5.74) is 2.49. The highest BCUT2D eigenvalue weighted by Crippen LogP contribution is 2.28. The first kappa shape index (κ1) is 16.7. The first-order valence-corrected chi connectivity index (χ1v) is 9.30. The molecule has 2 aliphatic rings. The van der Waals surface area contributed by atoms with Crippen molar-refractivity contribution in [1.82, 2.24) is 9.64 Å². The van der Waals surface area contributed by atoms with Crippen LogP contribution in [0.5, 0.6) is 0 Å². The van der Waals surface area contributed by atoms with Crippen LogP contribution in [0.2, 0.25) is 0 Å². The Balaban J connectivity index is 1.98. The van der Waals surface area contributed by atoms with Crippen LogP contribution in [0, 0.1) is 5.21 Å². The molecule has 1 aromatic carbocycles. The molecule has 0 spiro atoms. The number of halogens is 1. The van der Waals surface area contributed by atoms with Gasteiger partial charge in [-0.3, -0.25) is 0 Å². The largest absolute Gasteiger partial charge is 0.615 e. The molecule has 0 aromatic heterocycles. The van der Waals surface area contributed by atoms with Crippen molar-refractivity contribution in [2.24, 2.45) is 0 Å². The van der Waals surface area contributed by atoms with E-state index in [0.717, 1.165) is 42.0 Å². The number of amides is 1. The maximum Gasteiger partial charge on any atom is 0.424 e. The molecule has 1 aliphatic carbocycles. The Labute approximate surface area is 145 Å². The number of fused-ring (bicyclic) bond motifs is 2. The molecule has 1 unspecified atom stereocenters. The third kappa shape index (κ3) is 2.96. The second kappa shape index (κ2) is 6.73. The quantitative estimate of drug-likeness (QED) is 0.579. The van der Waals surface area contributed by atoms with E-state index < -0.39 is 5.91 Å². The van der Waals surface area contributed by atoms with Gasteiger partial charge in [0.05, 0.1) is 15.8 Å². The summed E-state index contributed by atoms with van der Waals surface area (Å²) in [5, 5.41) is 13.2. The molecule has 1 heterocycles. The van der Waals surface area contributed by atoms with Crippen LogP contribution in [0.25, 0.3) is 6.08 Å². The summed E-state index contributed by atoms with van der Waals surface area (Å²) in [4.78, 5) is 14.3. The lowest BCUT2D eigenvalue weighted by Crippen LogP contribution is -2.42. The molecule has 124 valence electrons. The zero-order valence-electron chi connectivity index (χ0n) is 13.8. The number of hydrogen-bond donors (Lipinski definition) is 0. The van der Waals surface area contributed by atoms with Crippen LogP contribution >= 0.6 is 15.9 Å². The minimum atomic E-state index is -0.474. The summed E-state index contributed by atoms with van der Waals surface area (Å²) in [6, 6.07) is 2.61. The van der Waals surface area contributed by atoms with E-state index in [4.69, 9.17) is 0 Å². The summed E-state index contributed by atoms with van der Waals surface area (Å²) in [6.45, 7) is 6.73. The number of carbonyl (C=O) groups excluding carboxylic acids is 1. The van der Waals surface area contributed by atoms with Crippen molar-refractivity contribution in [3.63, 3.8) is 0 Å². The van der Waals surface area contributed by atoms with E-state index in [1.165, 1.54) is 30.0 Å². The third-order valence-corrected chi connectivity index (χ3v) is 5.72. The number of hydroxylamine groups is 1. The first-order valence-electron chi connectivity index (χ1n) is 8.51.